The first-order valence-electron chi connectivity index (χ1n) is 7.74. The summed E-state index contributed by atoms with van der Waals surface area (Å²) >= 11 is 6.35. The Morgan fingerprint density at radius 2 is 2.12 bits per heavy atom. The minimum Gasteiger partial charge on any atom is -0.496 e. The van der Waals surface area contributed by atoms with Crippen LogP contribution in [0, 0.1) is 0 Å². The molecule has 1 fully saturated rings. The van der Waals surface area contributed by atoms with Crippen molar-refractivity contribution in [3.8, 4) is 5.75 Å². The number of hydrogen-bond acceptors (Lipinski definition) is 6. The van der Waals surface area contributed by atoms with E-state index in [0.717, 1.165) is 17.3 Å². The Balaban J connectivity index is 2.14. The third kappa shape index (κ3) is 4.61. The average molecular weight is 394 g/mol. The predicted molar refractivity (Wildman–Crippen MR) is 103 cm³/mol. The van der Waals surface area contributed by atoms with E-state index >= 15 is 0 Å². The Bertz CT molecular complexity index is 778. The number of amides is 2. The molecule has 1 atom stereocenters. The molecule has 1 aliphatic rings. The molecule has 0 spiro atoms. The Morgan fingerprint density at radius 3 is 2.77 bits per heavy atom. The van der Waals surface area contributed by atoms with Gasteiger partial charge in [-0.25, -0.2) is 0 Å². The molecule has 0 aromatic heterocycles. The summed E-state index contributed by atoms with van der Waals surface area (Å²) in [4.78, 5) is 37.0. The maximum atomic E-state index is 12.7. The van der Waals surface area contributed by atoms with Crippen molar-refractivity contribution in [3.63, 3.8) is 0 Å². The van der Waals surface area contributed by atoms with Gasteiger partial charge in [0.1, 0.15) is 16.1 Å². The number of benzene rings is 1. The molecule has 1 aromatic carbocycles. The number of nitrogens with one attached hydrogen (secondary N) is 1. The minimum absolute atomic E-state index is 0.00957. The third-order valence-corrected chi connectivity index (χ3v) is 4.98. The standard InChI is InChI=1S/C17H18N2O5S2/c1-10(15(22)18-8-7-14(20)21)19-16(23)13(26-17(19)25)9-11-5-3-4-6-12(11)24-2/h3-6,9-10H,7-8H2,1-2H3,(H,18,22)(H,20,21)/b13-9-. The second-order valence-electron chi connectivity index (χ2n) is 5.40. The van der Waals surface area contributed by atoms with Crippen LogP contribution < -0.4 is 10.1 Å². The lowest BCUT2D eigenvalue weighted by molar-refractivity contribution is -0.137. The monoisotopic (exact) mass is 394 g/mol. The molecular formula is C17H18N2O5S2. The number of para-hydroxylation sites is 1. The van der Waals surface area contributed by atoms with Crippen LogP contribution in [0.5, 0.6) is 5.75 Å². The maximum Gasteiger partial charge on any atom is 0.305 e. The van der Waals surface area contributed by atoms with Crippen molar-refractivity contribution >= 4 is 52.2 Å². The first-order chi connectivity index (χ1) is 12.3. The van der Waals surface area contributed by atoms with Crippen LogP contribution >= 0.6 is 24.0 Å². The zero-order chi connectivity index (χ0) is 19.3. The minimum atomic E-state index is -1.01. The normalized spacial score (nSPS) is 16.7. The molecule has 26 heavy (non-hydrogen) atoms. The zero-order valence-corrected chi connectivity index (χ0v) is 15.9. The largest absolute Gasteiger partial charge is 0.496 e. The molecule has 1 saturated heterocycles. The summed E-state index contributed by atoms with van der Waals surface area (Å²) in [6.45, 7) is 1.54. The molecule has 0 aliphatic carbocycles. The molecule has 1 heterocycles. The molecule has 2 amide bonds. The van der Waals surface area contributed by atoms with Crippen LogP contribution in [0.4, 0.5) is 0 Å². The van der Waals surface area contributed by atoms with Gasteiger partial charge in [0, 0.05) is 12.1 Å². The summed E-state index contributed by atoms with van der Waals surface area (Å²) < 4.78 is 5.55. The fourth-order valence-corrected chi connectivity index (χ4v) is 3.71. The summed E-state index contributed by atoms with van der Waals surface area (Å²) in [6, 6.07) is 6.41. The number of methoxy groups -OCH3 is 1. The number of carboxylic acid groups (broad SMARTS) is 1. The van der Waals surface area contributed by atoms with Crippen molar-refractivity contribution in [1.82, 2.24) is 10.2 Å². The van der Waals surface area contributed by atoms with Crippen LogP contribution in [0.3, 0.4) is 0 Å². The molecule has 0 saturated carbocycles. The lowest BCUT2D eigenvalue weighted by Crippen LogP contribution is -2.47. The Labute approximate surface area is 160 Å². The molecular weight excluding hydrogens is 376 g/mol. The number of rotatable bonds is 7. The summed E-state index contributed by atoms with van der Waals surface area (Å²) in [5.41, 5.74) is 0.731. The van der Waals surface area contributed by atoms with E-state index in [4.69, 9.17) is 22.1 Å². The van der Waals surface area contributed by atoms with E-state index in [9.17, 15) is 14.4 Å². The van der Waals surface area contributed by atoms with E-state index < -0.39 is 17.9 Å². The highest BCUT2D eigenvalue weighted by atomic mass is 32.2. The predicted octanol–water partition coefficient (Wildman–Crippen LogP) is 1.88. The highest BCUT2D eigenvalue weighted by molar-refractivity contribution is 8.26. The van der Waals surface area contributed by atoms with Crippen molar-refractivity contribution in [1.29, 1.82) is 0 Å². The molecule has 7 nitrogen and oxygen atoms in total. The van der Waals surface area contributed by atoms with Crippen LogP contribution in [-0.2, 0) is 14.4 Å². The fourth-order valence-electron chi connectivity index (χ4n) is 2.30. The Hall–Kier alpha value is -2.39. The van der Waals surface area contributed by atoms with Gasteiger partial charge in [0.05, 0.1) is 18.4 Å². The molecule has 9 heteroatoms. The van der Waals surface area contributed by atoms with Gasteiger partial charge in [-0.1, -0.05) is 42.2 Å². The van der Waals surface area contributed by atoms with Gasteiger partial charge in [-0.3, -0.25) is 19.3 Å². The number of carboxylic acids is 1. The van der Waals surface area contributed by atoms with Gasteiger partial charge in [0.15, 0.2) is 0 Å². The van der Waals surface area contributed by atoms with E-state index in [1.54, 1.807) is 26.2 Å². The summed E-state index contributed by atoms with van der Waals surface area (Å²) in [6.07, 6.45) is 1.48. The van der Waals surface area contributed by atoms with Gasteiger partial charge >= 0.3 is 5.97 Å². The third-order valence-electron chi connectivity index (χ3n) is 3.65. The number of carbonyl (C=O) groups excluding carboxylic acids is 2. The topological polar surface area (TPSA) is 95.9 Å². The van der Waals surface area contributed by atoms with Gasteiger partial charge in [-0.2, -0.15) is 0 Å². The van der Waals surface area contributed by atoms with Gasteiger partial charge < -0.3 is 15.2 Å². The van der Waals surface area contributed by atoms with Gasteiger partial charge in [-0.15, -0.1) is 0 Å². The number of aliphatic carboxylic acids is 1. The lowest BCUT2D eigenvalue weighted by Gasteiger charge is -2.22. The molecule has 138 valence electrons. The van der Waals surface area contributed by atoms with Crippen LogP contribution in [0.1, 0.15) is 18.9 Å². The molecule has 1 aromatic rings. The van der Waals surface area contributed by atoms with Crippen molar-refractivity contribution < 1.29 is 24.2 Å². The van der Waals surface area contributed by atoms with Gasteiger partial charge in [-0.05, 0) is 19.1 Å². The number of nitrogens with zero attached hydrogens (tertiary/aromatic N) is 1. The first-order valence-corrected chi connectivity index (χ1v) is 8.97. The summed E-state index contributed by atoms with van der Waals surface area (Å²) in [7, 11) is 1.54. The summed E-state index contributed by atoms with van der Waals surface area (Å²) in [5, 5.41) is 11.1. The highest BCUT2D eigenvalue weighted by Gasteiger charge is 2.38. The van der Waals surface area contributed by atoms with Crippen molar-refractivity contribution in [2.45, 2.75) is 19.4 Å². The van der Waals surface area contributed by atoms with E-state index in [1.807, 2.05) is 18.2 Å². The molecule has 0 bridgehead atoms. The number of ether oxygens (including phenoxy) is 1. The average Bonchev–Trinajstić information content (AvgIpc) is 2.88. The molecule has 1 unspecified atom stereocenters. The quantitative estimate of drug-likeness (QED) is 0.538. The molecule has 0 radical (unpaired) electrons. The SMILES string of the molecule is COc1ccccc1/C=C1\SC(=S)N(C(C)C(=O)NCCC(=O)O)C1=O. The number of carbonyl (C=O) groups is 3. The van der Waals surface area contributed by atoms with E-state index in [-0.39, 0.29) is 23.2 Å². The van der Waals surface area contributed by atoms with Crippen molar-refractivity contribution in [2.24, 2.45) is 0 Å². The van der Waals surface area contributed by atoms with E-state index in [1.165, 1.54) is 4.90 Å². The van der Waals surface area contributed by atoms with E-state index in [0.29, 0.717) is 10.7 Å². The second kappa shape index (κ2) is 8.81. The fraction of sp³-hybridized carbons (Fsp3) is 0.294. The smallest absolute Gasteiger partial charge is 0.305 e. The van der Waals surface area contributed by atoms with E-state index in [2.05, 4.69) is 5.32 Å². The molecule has 1 aliphatic heterocycles. The second-order valence-corrected chi connectivity index (χ2v) is 7.08. The molecule has 2 N–H and O–H groups in total. The van der Waals surface area contributed by atoms with Crippen LogP contribution in [-0.4, -0.2) is 51.8 Å². The van der Waals surface area contributed by atoms with Crippen molar-refractivity contribution in [2.75, 3.05) is 13.7 Å². The molecule has 2 rings (SSSR count). The van der Waals surface area contributed by atoms with Crippen LogP contribution in [0.25, 0.3) is 6.08 Å². The van der Waals surface area contributed by atoms with Crippen LogP contribution in [0.15, 0.2) is 29.2 Å². The number of thioether (sulfide) groups is 1. The van der Waals surface area contributed by atoms with Crippen LogP contribution in [0.2, 0.25) is 0 Å². The van der Waals surface area contributed by atoms with Crippen molar-refractivity contribution in [3.05, 3.63) is 34.7 Å². The van der Waals surface area contributed by atoms with Gasteiger partial charge in [0.2, 0.25) is 5.91 Å². The van der Waals surface area contributed by atoms with Gasteiger partial charge in [0.25, 0.3) is 5.91 Å². The Morgan fingerprint density at radius 1 is 1.42 bits per heavy atom. The number of hydrogen-bond donors (Lipinski definition) is 2. The Kier molecular flexibility index (Phi) is 6.76. The summed E-state index contributed by atoms with van der Waals surface area (Å²) in [5.74, 6) is -1.21. The number of thiocarbonyl (C=S) groups is 1. The maximum absolute atomic E-state index is 12.7. The zero-order valence-electron chi connectivity index (χ0n) is 14.2. The lowest BCUT2D eigenvalue weighted by atomic mass is 10.1. The first kappa shape index (κ1) is 19.9. The highest BCUT2D eigenvalue weighted by Crippen LogP contribution is 2.35.